The zero-order valence-corrected chi connectivity index (χ0v) is 14.5. The molecule has 1 amide bonds. The predicted octanol–water partition coefficient (Wildman–Crippen LogP) is 2.71. The van der Waals surface area contributed by atoms with Crippen molar-refractivity contribution in [2.75, 3.05) is 12.0 Å². The Labute approximate surface area is 148 Å². The second kappa shape index (κ2) is 6.54. The maximum absolute atomic E-state index is 13.0. The SMILES string of the molecule is C[S+]([O-])c1nc(-c2cccc(C(F)F)c2)c2c(N)c(C(N)=O)sc2n1. The molecule has 2 aromatic heterocycles. The minimum atomic E-state index is -2.65. The Bertz CT molecular complexity index is 976. The third-order valence-corrected chi connectivity index (χ3v) is 5.27. The van der Waals surface area contributed by atoms with Crippen LogP contribution in [0.4, 0.5) is 14.5 Å². The van der Waals surface area contributed by atoms with E-state index in [1.807, 2.05) is 0 Å². The van der Waals surface area contributed by atoms with Gasteiger partial charge in [-0.05, 0) is 6.07 Å². The van der Waals surface area contributed by atoms with E-state index in [1.54, 1.807) is 6.07 Å². The lowest BCUT2D eigenvalue weighted by Crippen LogP contribution is -2.10. The smallest absolute Gasteiger partial charge is 0.344 e. The molecule has 1 atom stereocenters. The summed E-state index contributed by atoms with van der Waals surface area (Å²) in [6.45, 7) is 0. The molecule has 0 radical (unpaired) electrons. The zero-order valence-electron chi connectivity index (χ0n) is 12.8. The highest BCUT2D eigenvalue weighted by molar-refractivity contribution is 7.90. The Balaban J connectivity index is 2.35. The summed E-state index contributed by atoms with van der Waals surface area (Å²) in [6.07, 6.45) is -1.26. The molecule has 4 N–H and O–H groups in total. The van der Waals surface area contributed by atoms with Crippen LogP contribution in [0, 0.1) is 0 Å². The molecule has 0 aliphatic heterocycles. The number of carbonyl (C=O) groups is 1. The molecule has 0 spiro atoms. The molecule has 0 aliphatic rings. The van der Waals surface area contributed by atoms with Crippen molar-refractivity contribution in [2.45, 2.75) is 11.6 Å². The van der Waals surface area contributed by atoms with Gasteiger partial charge in [0.2, 0.25) is 0 Å². The summed E-state index contributed by atoms with van der Waals surface area (Å²) in [5, 5.41) is 0.349. The van der Waals surface area contributed by atoms with Crippen molar-refractivity contribution in [3.63, 3.8) is 0 Å². The summed E-state index contributed by atoms with van der Waals surface area (Å²) in [5.41, 5.74) is 11.8. The van der Waals surface area contributed by atoms with Gasteiger partial charge in [0.15, 0.2) is 0 Å². The van der Waals surface area contributed by atoms with Crippen LogP contribution in [0.2, 0.25) is 0 Å². The summed E-state index contributed by atoms with van der Waals surface area (Å²) in [7, 11) is 0. The van der Waals surface area contributed by atoms with E-state index in [2.05, 4.69) is 9.97 Å². The van der Waals surface area contributed by atoms with Crippen molar-refractivity contribution in [3.05, 3.63) is 34.7 Å². The van der Waals surface area contributed by atoms with Crippen molar-refractivity contribution in [3.8, 4) is 11.3 Å². The van der Waals surface area contributed by atoms with Crippen LogP contribution in [0.1, 0.15) is 21.7 Å². The first-order valence-electron chi connectivity index (χ1n) is 6.91. The molecule has 0 fully saturated rings. The number of thiophene rings is 1. The number of halogens is 2. The highest BCUT2D eigenvalue weighted by Gasteiger charge is 2.24. The Morgan fingerprint density at radius 2 is 2.08 bits per heavy atom. The van der Waals surface area contributed by atoms with Gasteiger partial charge in [-0.1, -0.05) is 18.2 Å². The summed E-state index contributed by atoms with van der Waals surface area (Å²) >= 11 is -0.562. The van der Waals surface area contributed by atoms with E-state index < -0.39 is 23.5 Å². The van der Waals surface area contributed by atoms with E-state index >= 15 is 0 Å². The Kier molecular flexibility index (Phi) is 4.58. The van der Waals surface area contributed by atoms with E-state index in [1.165, 1.54) is 24.5 Å². The topological polar surface area (TPSA) is 118 Å². The molecule has 130 valence electrons. The van der Waals surface area contributed by atoms with Gasteiger partial charge in [0, 0.05) is 22.3 Å². The van der Waals surface area contributed by atoms with Gasteiger partial charge in [0.1, 0.15) is 16.0 Å². The van der Waals surface area contributed by atoms with Gasteiger partial charge < -0.3 is 16.0 Å². The second-order valence-electron chi connectivity index (χ2n) is 5.12. The van der Waals surface area contributed by atoms with Gasteiger partial charge >= 0.3 is 5.16 Å². The molecule has 2 heterocycles. The average Bonchev–Trinajstić information content (AvgIpc) is 2.91. The monoisotopic (exact) mass is 382 g/mol. The third-order valence-electron chi connectivity index (χ3n) is 3.46. The molecule has 0 aliphatic carbocycles. The van der Waals surface area contributed by atoms with Gasteiger partial charge in [-0.3, -0.25) is 4.79 Å². The first-order chi connectivity index (χ1) is 11.8. The van der Waals surface area contributed by atoms with Crippen LogP contribution in [0.25, 0.3) is 21.5 Å². The molecule has 3 rings (SSSR count). The Morgan fingerprint density at radius 3 is 2.68 bits per heavy atom. The van der Waals surface area contributed by atoms with Crippen LogP contribution >= 0.6 is 11.3 Å². The highest BCUT2D eigenvalue weighted by Crippen LogP contribution is 2.39. The molecule has 10 heteroatoms. The summed E-state index contributed by atoms with van der Waals surface area (Å²) in [5.74, 6) is -0.730. The van der Waals surface area contributed by atoms with E-state index in [0.717, 1.165) is 11.3 Å². The average molecular weight is 382 g/mol. The van der Waals surface area contributed by atoms with Gasteiger partial charge in [-0.15, -0.1) is 11.3 Å². The fourth-order valence-electron chi connectivity index (χ4n) is 2.34. The first kappa shape index (κ1) is 17.5. The molecule has 3 aromatic rings. The number of aromatic nitrogens is 2. The molecule has 0 saturated carbocycles. The number of primary amides is 1. The van der Waals surface area contributed by atoms with Crippen LogP contribution in [-0.2, 0) is 11.2 Å². The maximum atomic E-state index is 13.0. The van der Waals surface area contributed by atoms with E-state index in [0.29, 0.717) is 15.8 Å². The van der Waals surface area contributed by atoms with Crippen LogP contribution in [-0.4, -0.2) is 26.7 Å². The second-order valence-corrected chi connectivity index (χ2v) is 7.40. The number of rotatable bonds is 4. The van der Waals surface area contributed by atoms with Crippen LogP contribution in [0.15, 0.2) is 29.4 Å². The van der Waals surface area contributed by atoms with Gasteiger partial charge in [0.25, 0.3) is 12.3 Å². The highest BCUT2D eigenvalue weighted by atomic mass is 32.2. The molecule has 1 aromatic carbocycles. The zero-order chi connectivity index (χ0) is 18.3. The van der Waals surface area contributed by atoms with Gasteiger partial charge in [-0.2, -0.15) is 9.97 Å². The molecule has 0 bridgehead atoms. The van der Waals surface area contributed by atoms with Crippen molar-refractivity contribution in [1.29, 1.82) is 0 Å². The summed E-state index contributed by atoms with van der Waals surface area (Å²) in [6, 6.07) is 5.61. The lowest BCUT2D eigenvalue weighted by atomic mass is 10.1. The van der Waals surface area contributed by atoms with E-state index in [-0.39, 0.29) is 27.0 Å². The number of fused-ring (bicyclic) bond motifs is 1. The number of nitrogen functional groups attached to an aromatic ring is 1. The number of alkyl halides is 2. The number of nitrogens with two attached hydrogens (primary N) is 2. The molecule has 25 heavy (non-hydrogen) atoms. The number of nitrogens with zero attached hydrogens (tertiary/aromatic N) is 2. The molecular formula is C15H12F2N4O2S2. The number of hydrogen-bond acceptors (Lipinski definition) is 6. The normalized spacial score (nSPS) is 12.7. The quantitative estimate of drug-likeness (QED) is 0.531. The number of hydrogen-bond donors (Lipinski definition) is 2. The van der Waals surface area contributed by atoms with Gasteiger partial charge in [0.05, 0.1) is 16.8 Å². The first-order valence-corrected chi connectivity index (χ1v) is 9.28. The van der Waals surface area contributed by atoms with Crippen molar-refractivity contribution in [2.24, 2.45) is 5.73 Å². The molecule has 1 unspecified atom stereocenters. The van der Waals surface area contributed by atoms with Crippen LogP contribution < -0.4 is 11.5 Å². The fraction of sp³-hybridized carbons (Fsp3) is 0.133. The molecular weight excluding hydrogens is 370 g/mol. The minimum Gasteiger partial charge on any atom is -0.609 e. The standard InChI is InChI=1S/C15H12F2N4O2S2/c1-25(23)15-20-10(6-3-2-4-7(5-6)12(16)17)8-9(18)11(13(19)22)24-14(8)21-15/h2-5,12H,18H2,1H3,(H2,19,22). The minimum absolute atomic E-state index is 0.0159. The van der Waals surface area contributed by atoms with Crippen LogP contribution in [0.5, 0.6) is 0 Å². The molecule has 6 nitrogen and oxygen atoms in total. The van der Waals surface area contributed by atoms with Gasteiger partial charge in [-0.25, -0.2) is 8.78 Å². The lowest BCUT2D eigenvalue weighted by molar-refractivity contribution is 0.100. The third kappa shape index (κ3) is 3.15. The number of anilines is 1. The van der Waals surface area contributed by atoms with Crippen LogP contribution in [0.3, 0.4) is 0 Å². The van der Waals surface area contributed by atoms with E-state index in [9.17, 15) is 18.1 Å². The number of amides is 1. The largest absolute Gasteiger partial charge is 0.609 e. The lowest BCUT2D eigenvalue weighted by Gasteiger charge is -2.09. The maximum Gasteiger partial charge on any atom is 0.344 e. The summed E-state index contributed by atoms with van der Waals surface area (Å²) < 4.78 is 37.8. The Hall–Kier alpha value is -2.30. The number of benzene rings is 1. The number of carbonyl (C=O) groups excluding carboxylic acids is 1. The fourth-order valence-corrected chi connectivity index (χ4v) is 3.79. The van der Waals surface area contributed by atoms with Crippen molar-refractivity contribution in [1.82, 2.24) is 9.97 Å². The molecule has 0 saturated heterocycles. The Morgan fingerprint density at radius 1 is 1.36 bits per heavy atom. The van der Waals surface area contributed by atoms with E-state index in [4.69, 9.17) is 11.5 Å². The van der Waals surface area contributed by atoms with Crippen molar-refractivity contribution < 1.29 is 18.1 Å². The predicted molar refractivity (Wildman–Crippen MR) is 93.1 cm³/mol. The summed E-state index contributed by atoms with van der Waals surface area (Å²) in [4.78, 5) is 20.3. The van der Waals surface area contributed by atoms with Crippen molar-refractivity contribution >= 4 is 44.3 Å².